The first kappa shape index (κ1) is 19.9. The van der Waals surface area contributed by atoms with Crippen molar-refractivity contribution in [3.05, 3.63) is 65.2 Å². The summed E-state index contributed by atoms with van der Waals surface area (Å²) in [4.78, 5) is 35.8. The number of hydrogen-bond donors (Lipinski definition) is 3. The minimum Gasteiger partial charge on any atom is -0.493 e. The summed E-state index contributed by atoms with van der Waals surface area (Å²) >= 11 is 0. The van der Waals surface area contributed by atoms with Gasteiger partial charge in [0.2, 0.25) is 0 Å². The number of ketones is 1. The number of benzene rings is 2. The normalized spacial score (nSPS) is 15.9. The molecule has 1 aliphatic heterocycles. The second-order valence-electron chi connectivity index (χ2n) is 6.41. The van der Waals surface area contributed by atoms with Gasteiger partial charge in [-0.25, -0.2) is 4.79 Å². The average Bonchev–Trinajstić information content (AvgIpc) is 2.71. The Morgan fingerprint density at radius 2 is 1.83 bits per heavy atom. The standard InChI is InChI=1S/C21H21N3O5/c1-12(25)18-19(13-6-4-3-5-7-13)23-21(27)24-20(18)14-8-9-15(16(10-14)28-2)29-11-17(22)26/h3-10,20H,11H2,1-2H3,(H2,22,26)(H2,23,24,27)/t20-/m1/s1. The molecule has 4 N–H and O–H groups in total. The zero-order valence-electron chi connectivity index (χ0n) is 16.0. The van der Waals surface area contributed by atoms with Crippen molar-refractivity contribution in [1.82, 2.24) is 10.6 Å². The van der Waals surface area contributed by atoms with Crippen molar-refractivity contribution >= 4 is 23.4 Å². The molecule has 1 aliphatic rings. The number of urea groups is 1. The van der Waals surface area contributed by atoms with Gasteiger partial charge in [-0.1, -0.05) is 36.4 Å². The van der Waals surface area contributed by atoms with Crippen LogP contribution in [0, 0.1) is 0 Å². The van der Waals surface area contributed by atoms with Crippen molar-refractivity contribution in [1.29, 1.82) is 0 Å². The van der Waals surface area contributed by atoms with Gasteiger partial charge in [-0.05, 0) is 30.2 Å². The molecule has 0 aliphatic carbocycles. The predicted molar refractivity (Wildman–Crippen MR) is 106 cm³/mol. The van der Waals surface area contributed by atoms with Crippen LogP contribution in [0.3, 0.4) is 0 Å². The molecule has 0 fully saturated rings. The zero-order valence-corrected chi connectivity index (χ0v) is 16.0. The van der Waals surface area contributed by atoms with Crippen LogP contribution in [0.2, 0.25) is 0 Å². The lowest BCUT2D eigenvalue weighted by Gasteiger charge is -2.30. The van der Waals surface area contributed by atoms with Crippen molar-refractivity contribution in [3.8, 4) is 11.5 Å². The van der Waals surface area contributed by atoms with Gasteiger partial charge in [-0.3, -0.25) is 9.59 Å². The van der Waals surface area contributed by atoms with Crippen LogP contribution < -0.4 is 25.8 Å². The topological polar surface area (TPSA) is 120 Å². The van der Waals surface area contributed by atoms with Gasteiger partial charge in [0.25, 0.3) is 5.91 Å². The summed E-state index contributed by atoms with van der Waals surface area (Å²) in [6.45, 7) is 1.16. The SMILES string of the molecule is COc1cc([C@H]2NC(=O)NC(c3ccccc3)=C2C(C)=O)ccc1OCC(N)=O. The maximum atomic E-state index is 12.5. The van der Waals surface area contributed by atoms with Gasteiger partial charge in [0.1, 0.15) is 0 Å². The van der Waals surface area contributed by atoms with Crippen LogP contribution in [0.1, 0.15) is 24.1 Å². The molecule has 0 bridgehead atoms. The minimum absolute atomic E-state index is 0.186. The largest absolute Gasteiger partial charge is 0.493 e. The van der Waals surface area contributed by atoms with Crippen LogP contribution in [-0.4, -0.2) is 31.4 Å². The van der Waals surface area contributed by atoms with Crippen molar-refractivity contribution < 1.29 is 23.9 Å². The van der Waals surface area contributed by atoms with E-state index in [1.54, 1.807) is 18.2 Å². The molecule has 0 radical (unpaired) electrons. The molecule has 1 heterocycles. The molecule has 8 nitrogen and oxygen atoms in total. The summed E-state index contributed by atoms with van der Waals surface area (Å²) in [5, 5.41) is 5.52. The summed E-state index contributed by atoms with van der Waals surface area (Å²) in [7, 11) is 1.45. The summed E-state index contributed by atoms with van der Waals surface area (Å²) in [6, 6.07) is 13.0. The summed E-state index contributed by atoms with van der Waals surface area (Å²) in [5.41, 5.74) is 7.35. The first-order valence-electron chi connectivity index (χ1n) is 8.87. The highest BCUT2D eigenvalue weighted by Crippen LogP contribution is 2.36. The molecule has 1 atom stereocenters. The van der Waals surface area contributed by atoms with Crippen molar-refractivity contribution in [2.45, 2.75) is 13.0 Å². The van der Waals surface area contributed by atoms with Gasteiger partial charge in [-0.2, -0.15) is 0 Å². The van der Waals surface area contributed by atoms with E-state index in [0.717, 1.165) is 5.56 Å². The molecule has 0 unspecified atom stereocenters. The lowest BCUT2D eigenvalue weighted by Crippen LogP contribution is -2.44. The van der Waals surface area contributed by atoms with Gasteiger partial charge in [-0.15, -0.1) is 0 Å². The predicted octanol–water partition coefficient (Wildman–Crippen LogP) is 1.91. The fraction of sp³-hybridized carbons (Fsp3) is 0.190. The molecule has 150 valence electrons. The maximum Gasteiger partial charge on any atom is 0.320 e. The fourth-order valence-corrected chi connectivity index (χ4v) is 3.16. The monoisotopic (exact) mass is 395 g/mol. The fourth-order valence-electron chi connectivity index (χ4n) is 3.16. The Morgan fingerprint density at radius 1 is 1.10 bits per heavy atom. The number of rotatable bonds is 7. The molecule has 2 aromatic carbocycles. The van der Waals surface area contributed by atoms with E-state index < -0.39 is 18.0 Å². The van der Waals surface area contributed by atoms with E-state index in [4.69, 9.17) is 15.2 Å². The van der Waals surface area contributed by atoms with Crippen molar-refractivity contribution in [2.24, 2.45) is 5.73 Å². The number of hydrogen-bond acceptors (Lipinski definition) is 5. The van der Waals surface area contributed by atoms with Gasteiger partial charge in [0.05, 0.1) is 18.8 Å². The third-order valence-electron chi connectivity index (χ3n) is 4.40. The number of Topliss-reactive ketones (excluding diaryl/α,β-unsaturated/α-hetero) is 1. The highest BCUT2D eigenvalue weighted by molar-refractivity contribution is 6.06. The molecule has 8 heteroatoms. The van der Waals surface area contributed by atoms with Gasteiger partial charge in [0, 0.05) is 5.57 Å². The van der Waals surface area contributed by atoms with Crippen LogP contribution in [-0.2, 0) is 9.59 Å². The first-order valence-corrected chi connectivity index (χ1v) is 8.87. The Balaban J connectivity index is 2.07. The van der Waals surface area contributed by atoms with Crippen molar-refractivity contribution in [3.63, 3.8) is 0 Å². The van der Waals surface area contributed by atoms with Crippen LogP contribution in [0.15, 0.2) is 54.1 Å². The molecule has 0 saturated carbocycles. The van der Waals surface area contributed by atoms with Gasteiger partial charge in [0.15, 0.2) is 23.9 Å². The number of primary amides is 1. The van der Waals surface area contributed by atoms with E-state index in [2.05, 4.69) is 10.6 Å². The van der Waals surface area contributed by atoms with E-state index in [-0.39, 0.29) is 12.4 Å². The molecule has 3 rings (SSSR count). The number of nitrogens with one attached hydrogen (secondary N) is 2. The van der Waals surface area contributed by atoms with Crippen LogP contribution in [0.25, 0.3) is 5.70 Å². The van der Waals surface area contributed by atoms with E-state index in [9.17, 15) is 14.4 Å². The smallest absolute Gasteiger partial charge is 0.320 e. The number of ether oxygens (including phenoxy) is 2. The molecule has 0 aromatic heterocycles. The molecule has 0 saturated heterocycles. The zero-order chi connectivity index (χ0) is 21.0. The number of amides is 3. The van der Waals surface area contributed by atoms with Crippen molar-refractivity contribution in [2.75, 3.05) is 13.7 Å². The maximum absolute atomic E-state index is 12.5. The third-order valence-corrected chi connectivity index (χ3v) is 4.40. The van der Waals surface area contributed by atoms with Crippen LogP contribution in [0.4, 0.5) is 4.79 Å². The highest BCUT2D eigenvalue weighted by Gasteiger charge is 2.32. The van der Waals surface area contributed by atoms with Gasteiger partial charge < -0.3 is 25.8 Å². The highest BCUT2D eigenvalue weighted by atomic mass is 16.5. The second kappa shape index (κ2) is 8.47. The number of nitrogens with two attached hydrogens (primary N) is 1. The first-order chi connectivity index (χ1) is 13.9. The van der Waals surface area contributed by atoms with Crippen LogP contribution in [0.5, 0.6) is 11.5 Å². The molecule has 0 spiro atoms. The van der Waals surface area contributed by atoms with Gasteiger partial charge >= 0.3 is 6.03 Å². The summed E-state index contributed by atoms with van der Waals surface area (Å²) in [5.74, 6) is -0.127. The number of carbonyl (C=O) groups excluding carboxylic acids is 3. The summed E-state index contributed by atoms with van der Waals surface area (Å²) < 4.78 is 10.7. The quantitative estimate of drug-likeness (QED) is 0.662. The number of carbonyl (C=O) groups is 3. The minimum atomic E-state index is -0.685. The Labute approximate surface area is 167 Å². The lowest BCUT2D eigenvalue weighted by molar-refractivity contribution is -0.120. The van der Waals surface area contributed by atoms with E-state index in [1.165, 1.54) is 14.0 Å². The van der Waals surface area contributed by atoms with E-state index in [0.29, 0.717) is 28.3 Å². The number of methoxy groups -OCH3 is 1. The molecular weight excluding hydrogens is 374 g/mol. The van der Waals surface area contributed by atoms with E-state index >= 15 is 0 Å². The lowest BCUT2D eigenvalue weighted by atomic mass is 9.90. The molecular formula is C21H21N3O5. The molecule has 3 amide bonds. The van der Waals surface area contributed by atoms with Crippen LogP contribution >= 0.6 is 0 Å². The second-order valence-corrected chi connectivity index (χ2v) is 6.41. The Hall–Kier alpha value is -3.81. The third kappa shape index (κ3) is 4.37. The molecule has 2 aromatic rings. The Kier molecular flexibility index (Phi) is 5.82. The summed E-state index contributed by atoms with van der Waals surface area (Å²) in [6.07, 6.45) is 0. The Bertz CT molecular complexity index is 985. The molecule has 29 heavy (non-hydrogen) atoms. The Morgan fingerprint density at radius 3 is 2.45 bits per heavy atom. The van der Waals surface area contributed by atoms with E-state index in [1.807, 2.05) is 30.3 Å². The average molecular weight is 395 g/mol.